The van der Waals surface area contributed by atoms with E-state index in [-0.39, 0.29) is 24.0 Å². The second-order valence-electron chi connectivity index (χ2n) is 6.04. The highest BCUT2D eigenvalue weighted by atomic mass is 127. The molecular weight excluding hydrogens is 419 g/mol. The minimum absolute atomic E-state index is 0. The number of aliphatic imine (C=N–C) groups is 1. The minimum atomic E-state index is 0. The summed E-state index contributed by atoms with van der Waals surface area (Å²) in [7, 11) is 0. The summed E-state index contributed by atoms with van der Waals surface area (Å²) >= 11 is 6.05. The largest absolute Gasteiger partial charge is 0.368 e. The summed E-state index contributed by atoms with van der Waals surface area (Å²) in [4.78, 5) is 4.64. The van der Waals surface area contributed by atoms with Crippen LogP contribution in [-0.2, 0) is 12.8 Å². The average Bonchev–Trinajstić information content (AvgIpc) is 3.09. The van der Waals surface area contributed by atoms with Crippen molar-refractivity contribution in [3.63, 3.8) is 0 Å². The second-order valence-corrected chi connectivity index (χ2v) is 6.47. The Morgan fingerprint density at radius 2 is 1.57 bits per heavy atom. The van der Waals surface area contributed by atoms with Gasteiger partial charge in [0.25, 0.3) is 0 Å². The van der Waals surface area contributed by atoms with Crippen LogP contribution in [0.2, 0.25) is 5.02 Å². The number of hydrogen-bond donors (Lipinski definition) is 1. The van der Waals surface area contributed by atoms with Gasteiger partial charge in [-0.25, -0.2) is 0 Å². The predicted octanol–water partition coefficient (Wildman–Crippen LogP) is 4.85. The Balaban J connectivity index is 0.00000156. The van der Waals surface area contributed by atoms with E-state index < -0.39 is 0 Å². The van der Waals surface area contributed by atoms with Crippen molar-refractivity contribution in [2.24, 2.45) is 4.99 Å². The average molecular weight is 439 g/mol. The fourth-order valence-corrected chi connectivity index (χ4v) is 3.55. The van der Waals surface area contributed by atoms with Crippen molar-refractivity contribution in [2.45, 2.75) is 25.7 Å². The smallest absolute Gasteiger partial charge is 0.129 e. The lowest BCUT2D eigenvalue weighted by Gasteiger charge is -2.20. The number of nitrogens with zero attached hydrogens (tertiary/aromatic N) is 1. The highest BCUT2D eigenvalue weighted by molar-refractivity contribution is 14.0. The Morgan fingerprint density at radius 3 is 2.17 bits per heavy atom. The molecule has 1 N–H and O–H groups in total. The van der Waals surface area contributed by atoms with Crippen molar-refractivity contribution < 1.29 is 0 Å². The zero-order valence-electron chi connectivity index (χ0n) is 12.9. The topological polar surface area (TPSA) is 24.4 Å². The van der Waals surface area contributed by atoms with Gasteiger partial charge in [0, 0.05) is 17.1 Å². The number of hydrogen-bond acceptors (Lipinski definition) is 2. The van der Waals surface area contributed by atoms with Gasteiger partial charge in [0.05, 0.1) is 6.54 Å². The van der Waals surface area contributed by atoms with E-state index >= 15 is 0 Å². The number of fused-ring (bicyclic) bond motifs is 1. The maximum atomic E-state index is 6.05. The molecule has 0 amide bonds. The number of aryl methyl sites for hydroxylation is 2. The third kappa shape index (κ3) is 3.41. The molecule has 2 nitrogen and oxygen atoms in total. The van der Waals surface area contributed by atoms with Crippen LogP contribution >= 0.6 is 35.6 Å². The van der Waals surface area contributed by atoms with Gasteiger partial charge in [0.2, 0.25) is 0 Å². The van der Waals surface area contributed by atoms with Gasteiger partial charge in [-0.15, -0.1) is 24.0 Å². The maximum absolute atomic E-state index is 6.05. The Hall–Kier alpha value is -1.07. The zero-order valence-corrected chi connectivity index (χ0v) is 16.0. The van der Waals surface area contributed by atoms with Crippen LogP contribution < -0.4 is 5.32 Å². The molecule has 0 saturated heterocycles. The lowest BCUT2D eigenvalue weighted by molar-refractivity contribution is 0.685. The molecule has 0 fully saturated rings. The van der Waals surface area contributed by atoms with Crippen molar-refractivity contribution in [3.8, 4) is 11.1 Å². The third-order valence-corrected chi connectivity index (χ3v) is 4.82. The van der Waals surface area contributed by atoms with Crippen molar-refractivity contribution >= 4 is 41.4 Å². The molecule has 0 aromatic heterocycles. The van der Waals surface area contributed by atoms with E-state index in [4.69, 9.17) is 11.6 Å². The molecule has 1 aliphatic carbocycles. The highest BCUT2D eigenvalue weighted by Crippen LogP contribution is 2.32. The van der Waals surface area contributed by atoms with Crippen molar-refractivity contribution in [1.82, 2.24) is 5.32 Å². The normalized spacial score (nSPS) is 16.1. The molecule has 0 spiro atoms. The molecule has 0 saturated carbocycles. The van der Waals surface area contributed by atoms with Crippen molar-refractivity contribution in [1.29, 1.82) is 0 Å². The Labute approximate surface area is 159 Å². The van der Waals surface area contributed by atoms with E-state index in [0.29, 0.717) is 0 Å². The monoisotopic (exact) mass is 438 g/mol. The van der Waals surface area contributed by atoms with Gasteiger partial charge in [-0.1, -0.05) is 29.8 Å². The number of halogens is 2. The summed E-state index contributed by atoms with van der Waals surface area (Å²) in [6.45, 7) is 1.80. The fourth-order valence-electron chi connectivity index (χ4n) is 3.43. The Bertz CT molecular complexity index is 738. The van der Waals surface area contributed by atoms with Crippen molar-refractivity contribution in [3.05, 3.63) is 58.1 Å². The predicted molar refractivity (Wildman–Crippen MR) is 108 cm³/mol. The molecule has 1 heterocycles. The first-order valence-corrected chi connectivity index (χ1v) is 8.39. The SMILES string of the molecule is Clc1ccc(-c2cc3c(cc2C2=NCCN2)CCCC3)cc1.I. The number of amidine groups is 1. The molecule has 4 heteroatoms. The van der Waals surface area contributed by atoms with E-state index in [1.807, 2.05) is 12.1 Å². The van der Waals surface area contributed by atoms with Crippen molar-refractivity contribution in [2.75, 3.05) is 13.1 Å². The van der Waals surface area contributed by atoms with Crippen LogP contribution in [0.25, 0.3) is 11.1 Å². The molecule has 23 heavy (non-hydrogen) atoms. The van der Waals surface area contributed by atoms with Crippen LogP contribution in [0.15, 0.2) is 41.4 Å². The summed E-state index contributed by atoms with van der Waals surface area (Å²) in [5.74, 6) is 1.04. The second kappa shape index (κ2) is 7.22. The van der Waals surface area contributed by atoms with Crippen LogP contribution in [0.5, 0.6) is 0 Å². The van der Waals surface area contributed by atoms with Crippen LogP contribution in [0.1, 0.15) is 29.5 Å². The van der Waals surface area contributed by atoms with Crippen LogP contribution in [0.3, 0.4) is 0 Å². The van der Waals surface area contributed by atoms with Gasteiger partial charge < -0.3 is 5.32 Å². The molecule has 0 bridgehead atoms. The van der Waals surface area contributed by atoms with E-state index in [1.54, 1.807) is 0 Å². The molecule has 0 radical (unpaired) electrons. The summed E-state index contributed by atoms with van der Waals surface area (Å²) in [5.41, 5.74) is 6.71. The Morgan fingerprint density at radius 1 is 0.913 bits per heavy atom. The summed E-state index contributed by atoms with van der Waals surface area (Å²) < 4.78 is 0. The molecule has 2 aromatic rings. The summed E-state index contributed by atoms with van der Waals surface area (Å²) in [5, 5.41) is 4.20. The van der Waals surface area contributed by atoms with E-state index in [2.05, 4.69) is 34.6 Å². The third-order valence-electron chi connectivity index (χ3n) is 4.57. The molecule has 2 aliphatic rings. The molecule has 120 valence electrons. The summed E-state index contributed by atoms with van der Waals surface area (Å²) in [6, 6.07) is 12.9. The maximum Gasteiger partial charge on any atom is 0.129 e. The number of benzene rings is 2. The van der Waals surface area contributed by atoms with Gasteiger partial charge in [0.15, 0.2) is 0 Å². The van der Waals surface area contributed by atoms with Crippen LogP contribution in [-0.4, -0.2) is 18.9 Å². The van der Waals surface area contributed by atoms with E-state index in [1.165, 1.54) is 53.5 Å². The van der Waals surface area contributed by atoms with E-state index in [9.17, 15) is 0 Å². The van der Waals surface area contributed by atoms with Gasteiger partial charge in [-0.2, -0.15) is 0 Å². The van der Waals surface area contributed by atoms with Crippen LogP contribution in [0.4, 0.5) is 0 Å². The Kier molecular flexibility index (Phi) is 5.27. The quantitative estimate of drug-likeness (QED) is 0.666. The van der Waals surface area contributed by atoms with Gasteiger partial charge in [0.1, 0.15) is 5.84 Å². The first-order chi connectivity index (χ1) is 10.8. The first kappa shape index (κ1) is 16.8. The fraction of sp³-hybridized carbons (Fsp3) is 0.316. The minimum Gasteiger partial charge on any atom is -0.368 e. The number of nitrogens with one attached hydrogen (secondary N) is 1. The van der Waals surface area contributed by atoms with Gasteiger partial charge in [-0.05, 0) is 66.1 Å². The lowest BCUT2D eigenvalue weighted by Crippen LogP contribution is -2.21. The van der Waals surface area contributed by atoms with Crippen LogP contribution in [0, 0.1) is 0 Å². The molecule has 2 aromatic carbocycles. The molecule has 0 unspecified atom stereocenters. The van der Waals surface area contributed by atoms with Gasteiger partial charge in [-0.3, -0.25) is 4.99 Å². The number of rotatable bonds is 2. The molecule has 1 aliphatic heterocycles. The molecule has 4 rings (SSSR count). The highest BCUT2D eigenvalue weighted by Gasteiger charge is 2.19. The lowest BCUT2D eigenvalue weighted by atomic mass is 9.86. The zero-order chi connectivity index (χ0) is 14.9. The van der Waals surface area contributed by atoms with Gasteiger partial charge >= 0.3 is 0 Å². The standard InChI is InChI=1S/C19H19ClN2.HI/c20-16-7-5-13(6-8-16)17-11-14-3-1-2-4-15(14)12-18(17)19-21-9-10-22-19;/h5-8,11-12H,1-4,9-10H2,(H,21,22);1H. The summed E-state index contributed by atoms with van der Waals surface area (Å²) in [6.07, 6.45) is 4.98. The van der Waals surface area contributed by atoms with E-state index in [0.717, 1.165) is 23.9 Å². The first-order valence-electron chi connectivity index (χ1n) is 8.02. The molecule has 0 atom stereocenters. The molecular formula is C19H20ClIN2.